The molecule has 0 spiro atoms. The molecule has 0 aromatic rings. The molecule has 1 aliphatic heterocycles. The summed E-state index contributed by atoms with van der Waals surface area (Å²) in [6.07, 6.45) is 3.86. The van der Waals surface area contributed by atoms with Gasteiger partial charge in [-0.05, 0) is 12.8 Å². The van der Waals surface area contributed by atoms with E-state index in [1.54, 1.807) is 0 Å². The molecular formula is C11H21N3O4S. The highest BCUT2D eigenvalue weighted by molar-refractivity contribution is 7.89. The molecule has 8 heteroatoms. The average Bonchev–Trinajstić information content (AvgIpc) is 2.47. The standard InChI is InChI=1S/C11H21N3O4S/c12-11(13-15)10-8-14(6-7-18-10)19(16,17)9-4-2-1-3-5-9/h9-10,15H,1-8H2,(H2,12,13). The Balaban J connectivity index is 2.07. The second-order valence-electron chi connectivity index (χ2n) is 5.05. The van der Waals surface area contributed by atoms with Gasteiger partial charge in [0, 0.05) is 13.1 Å². The van der Waals surface area contributed by atoms with E-state index >= 15 is 0 Å². The van der Waals surface area contributed by atoms with Gasteiger partial charge in [-0.1, -0.05) is 24.4 Å². The van der Waals surface area contributed by atoms with Crippen LogP contribution in [-0.4, -0.2) is 54.8 Å². The predicted octanol–water partition coefficient (Wildman–Crippen LogP) is 0.0961. The quantitative estimate of drug-likeness (QED) is 0.332. The van der Waals surface area contributed by atoms with Crippen LogP contribution in [-0.2, 0) is 14.8 Å². The van der Waals surface area contributed by atoms with Crippen molar-refractivity contribution in [2.45, 2.75) is 43.5 Å². The molecular weight excluding hydrogens is 270 g/mol. The lowest BCUT2D eigenvalue weighted by Crippen LogP contribution is -2.52. The van der Waals surface area contributed by atoms with Gasteiger partial charge in [0.15, 0.2) is 5.84 Å². The van der Waals surface area contributed by atoms with Gasteiger partial charge in [0.05, 0.1) is 11.9 Å². The third-order valence-corrected chi connectivity index (χ3v) is 6.17. The predicted molar refractivity (Wildman–Crippen MR) is 70.5 cm³/mol. The van der Waals surface area contributed by atoms with E-state index in [-0.39, 0.29) is 24.2 Å². The van der Waals surface area contributed by atoms with E-state index < -0.39 is 16.1 Å². The Bertz CT molecular complexity index is 431. The molecule has 2 aliphatic rings. The van der Waals surface area contributed by atoms with Crippen molar-refractivity contribution in [3.8, 4) is 0 Å². The van der Waals surface area contributed by atoms with Gasteiger partial charge in [0.1, 0.15) is 6.10 Å². The zero-order valence-corrected chi connectivity index (χ0v) is 11.7. The van der Waals surface area contributed by atoms with Gasteiger partial charge in [-0.25, -0.2) is 8.42 Å². The van der Waals surface area contributed by atoms with E-state index in [1.807, 2.05) is 0 Å². The Morgan fingerprint density at radius 3 is 2.63 bits per heavy atom. The van der Waals surface area contributed by atoms with Crippen molar-refractivity contribution in [1.82, 2.24) is 4.31 Å². The van der Waals surface area contributed by atoms with Gasteiger partial charge in [-0.2, -0.15) is 4.31 Å². The Kier molecular flexibility index (Phi) is 4.64. The number of amidine groups is 1. The number of nitrogens with zero attached hydrogens (tertiary/aromatic N) is 2. The minimum Gasteiger partial charge on any atom is -0.409 e. The lowest BCUT2D eigenvalue weighted by molar-refractivity contribution is 0.0350. The first-order valence-corrected chi connectivity index (χ1v) is 8.14. The smallest absolute Gasteiger partial charge is 0.217 e. The van der Waals surface area contributed by atoms with Crippen LogP contribution in [0.25, 0.3) is 0 Å². The highest BCUT2D eigenvalue weighted by Crippen LogP contribution is 2.27. The number of ether oxygens (including phenoxy) is 1. The summed E-state index contributed by atoms with van der Waals surface area (Å²) in [6.45, 7) is 0.746. The van der Waals surface area contributed by atoms with E-state index in [2.05, 4.69) is 5.16 Å². The molecule has 1 aliphatic carbocycles. The Hall–Kier alpha value is -0.860. The van der Waals surface area contributed by atoms with Crippen LogP contribution >= 0.6 is 0 Å². The maximum absolute atomic E-state index is 12.5. The summed E-state index contributed by atoms with van der Waals surface area (Å²) in [7, 11) is -3.30. The molecule has 2 fully saturated rings. The molecule has 0 aromatic carbocycles. The first-order valence-electron chi connectivity index (χ1n) is 6.63. The minimum absolute atomic E-state index is 0.0801. The van der Waals surface area contributed by atoms with Crippen LogP contribution < -0.4 is 5.73 Å². The summed E-state index contributed by atoms with van der Waals surface area (Å²) in [5.41, 5.74) is 5.49. The fourth-order valence-electron chi connectivity index (χ4n) is 2.67. The molecule has 1 atom stereocenters. The third kappa shape index (κ3) is 3.18. The first-order chi connectivity index (χ1) is 9.05. The second kappa shape index (κ2) is 6.06. The molecule has 7 nitrogen and oxygen atoms in total. The number of hydrogen-bond acceptors (Lipinski definition) is 5. The zero-order valence-electron chi connectivity index (χ0n) is 10.9. The molecule has 0 radical (unpaired) electrons. The maximum Gasteiger partial charge on any atom is 0.217 e. The van der Waals surface area contributed by atoms with E-state index in [0.717, 1.165) is 32.1 Å². The summed E-state index contributed by atoms with van der Waals surface area (Å²) in [6, 6.07) is 0. The molecule has 0 aromatic heterocycles. The number of oxime groups is 1. The zero-order chi connectivity index (χ0) is 13.9. The Labute approximate surface area is 113 Å². The monoisotopic (exact) mass is 291 g/mol. The molecule has 1 saturated heterocycles. The van der Waals surface area contributed by atoms with Crippen LogP contribution in [0.15, 0.2) is 5.16 Å². The van der Waals surface area contributed by atoms with Crippen molar-refractivity contribution < 1.29 is 18.4 Å². The van der Waals surface area contributed by atoms with Crippen molar-refractivity contribution in [2.75, 3.05) is 19.7 Å². The average molecular weight is 291 g/mol. The molecule has 0 amide bonds. The van der Waals surface area contributed by atoms with Crippen LogP contribution in [0.1, 0.15) is 32.1 Å². The summed E-state index contributed by atoms with van der Waals surface area (Å²) >= 11 is 0. The molecule has 1 unspecified atom stereocenters. The number of nitrogens with two attached hydrogens (primary N) is 1. The molecule has 3 N–H and O–H groups in total. The van der Waals surface area contributed by atoms with Gasteiger partial charge >= 0.3 is 0 Å². The van der Waals surface area contributed by atoms with Gasteiger partial charge in [-0.3, -0.25) is 0 Å². The largest absolute Gasteiger partial charge is 0.409 e. The lowest BCUT2D eigenvalue weighted by atomic mass is 10.0. The summed E-state index contributed by atoms with van der Waals surface area (Å²) in [4.78, 5) is 0. The van der Waals surface area contributed by atoms with Crippen molar-refractivity contribution in [3.05, 3.63) is 0 Å². The number of rotatable bonds is 3. The fraction of sp³-hybridized carbons (Fsp3) is 0.909. The summed E-state index contributed by atoms with van der Waals surface area (Å²) in [5, 5.41) is 11.2. The van der Waals surface area contributed by atoms with Crippen LogP contribution in [0.5, 0.6) is 0 Å². The fourth-order valence-corrected chi connectivity index (χ4v) is 4.70. The third-order valence-electron chi connectivity index (χ3n) is 3.81. The highest BCUT2D eigenvalue weighted by Gasteiger charge is 2.37. The summed E-state index contributed by atoms with van der Waals surface area (Å²) < 4.78 is 31.8. The van der Waals surface area contributed by atoms with E-state index in [0.29, 0.717) is 6.54 Å². The van der Waals surface area contributed by atoms with Gasteiger partial charge in [-0.15, -0.1) is 0 Å². The Morgan fingerprint density at radius 1 is 1.32 bits per heavy atom. The summed E-state index contributed by atoms with van der Waals surface area (Å²) in [5.74, 6) is -0.0801. The molecule has 2 rings (SSSR count). The normalized spacial score (nSPS) is 28.4. The van der Waals surface area contributed by atoms with E-state index in [9.17, 15) is 8.42 Å². The topological polar surface area (TPSA) is 105 Å². The molecule has 1 heterocycles. The van der Waals surface area contributed by atoms with E-state index in [4.69, 9.17) is 15.7 Å². The number of hydrogen-bond donors (Lipinski definition) is 2. The number of sulfonamides is 1. The van der Waals surface area contributed by atoms with Crippen LogP contribution in [0.3, 0.4) is 0 Å². The van der Waals surface area contributed by atoms with Crippen molar-refractivity contribution in [3.63, 3.8) is 0 Å². The SMILES string of the molecule is NC(=NO)C1CN(S(=O)(=O)C2CCCCC2)CCO1. The van der Waals surface area contributed by atoms with Crippen molar-refractivity contribution in [2.24, 2.45) is 10.9 Å². The van der Waals surface area contributed by atoms with Crippen LogP contribution in [0, 0.1) is 0 Å². The highest BCUT2D eigenvalue weighted by atomic mass is 32.2. The van der Waals surface area contributed by atoms with Crippen molar-refractivity contribution in [1.29, 1.82) is 0 Å². The number of morpholine rings is 1. The van der Waals surface area contributed by atoms with Crippen LogP contribution in [0.4, 0.5) is 0 Å². The lowest BCUT2D eigenvalue weighted by Gasteiger charge is -2.35. The van der Waals surface area contributed by atoms with Crippen LogP contribution in [0.2, 0.25) is 0 Å². The second-order valence-corrected chi connectivity index (χ2v) is 7.26. The van der Waals surface area contributed by atoms with Crippen molar-refractivity contribution >= 4 is 15.9 Å². The molecule has 19 heavy (non-hydrogen) atoms. The Morgan fingerprint density at radius 2 is 2.00 bits per heavy atom. The van der Waals surface area contributed by atoms with Gasteiger partial charge < -0.3 is 15.7 Å². The van der Waals surface area contributed by atoms with Gasteiger partial charge in [0.25, 0.3) is 0 Å². The minimum atomic E-state index is -3.30. The molecule has 110 valence electrons. The van der Waals surface area contributed by atoms with Gasteiger partial charge in [0.2, 0.25) is 10.0 Å². The first kappa shape index (κ1) is 14.5. The maximum atomic E-state index is 12.5. The molecule has 0 bridgehead atoms. The van der Waals surface area contributed by atoms with E-state index in [1.165, 1.54) is 4.31 Å². The molecule has 1 saturated carbocycles.